The van der Waals surface area contributed by atoms with E-state index in [1.54, 1.807) is 12.3 Å². The van der Waals surface area contributed by atoms with Gasteiger partial charge in [-0.05, 0) is 66.1 Å². The summed E-state index contributed by atoms with van der Waals surface area (Å²) in [7, 11) is 0. The Labute approximate surface area is 183 Å². The molecule has 31 heavy (non-hydrogen) atoms. The van der Waals surface area contributed by atoms with Gasteiger partial charge in [0.1, 0.15) is 11.4 Å². The number of nitrogens with one attached hydrogen (secondary N) is 1. The third kappa shape index (κ3) is 5.70. The highest BCUT2D eigenvalue weighted by Crippen LogP contribution is 2.24. The van der Waals surface area contributed by atoms with Crippen LogP contribution in [0.2, 0.25) is 0 Å². The van der Waals surface area contributed by atoms with E-state index in [-0.39, 0.29) is 5.91 Å². The zero-order chi connectivity index (χ0) is 21.5. The van der Waals surface area contributed by atoms with Crippen LogP contribution in [0.3, 0.4) is 0 Å². The fourth-order valence-corrected chi connectivity index (χ4v) is 4.13. The molecule has 160 valence electrons. The molecule has 0 aliphatic carbocycles. The van der Waals surface area contributed by atoms with Gasteiger partial charge >= 0.3 is 0 Å². The molecule has 4 rings (SSSR count). The number of phenols is 1. The van der Waals surface area contributed by atoms with Crippen molar-refractivity contribution in [3.63, 3.8) is 0 Å². The molecule has 1 aromatic heterocycles. The quantitative estimate of drug-likeness (QED) is 0.544. The highest BCUT2D eigenvalue weighted by Gasteiger charge is 2.20. The monoisotopic (exact) mass is 415 g/mol. The van der Waals surface area contributed by atoms with Gasteiger partial charge in [-0.3, -0.25) is 14.7 Å². The lowest BCUT2D eigenvalue weighted by Gasteiger charge is -2.29. The molecule has 0 unspecified atom stereocenters. The van der Waals surface area contributed by atoms with Crippen LogP contribution in [0.15, 0.2) is 66.9 Å². The van der Waals surface area contributed by atoms with Crippen molar-refractivity contribution in [2.24, 2.45) is 0 Å². The molecule has 2 aromatic carbocycles. The first-order valence-corrected chi connectivity index (χ1v) is 11.0. The van der Waals surface area contributed by atoms with Crippen molar-refractivity contribution < 1.29 is 9.90 Å². The van der Waals surface area contributed by atoms with E-state index < -0.39 is 0 Å². The Bertz CT molecular complexity index is 1020. The normalized spacial score (nSPS) is 13.5. The van der Waals surface area contributed by atoms with Crippen LogP contribution < -0.4 is 5.32 Å². The van der Waals surface area contributed by atoms with Crippen LogP contribution >= 0.6 is 0 Å². The van der Waals surface area contributed by atoms with Gasteiger partial charge in [-0.2, -0.15) is 0 Å². The molecule has 5 nitrogen and oxygen atoms in total. The fourth-order valence-electron chi connectivity index (χ4n) is 4.13. The van der Waals surface area contributed by atoms with E-state index >= 15 is 0 Å². The van der Waals surface area contributed by atoms with Crippen LogP contribution in [0, 0.1) is 0 Å². The molecular formula is C26H29N3O2. The van der Waals surface area contributed by atoms with Crippen molar-refractivity contribution in [3.05, 3.63) is 94.8 Å². The van der Waals surface area contributed by atoms with E-state index in [4.69, 9.17) is 0 Å². The van der Waals surface area contributed by atoms with Crippen molar-refractivity contribution in [3.8, 4) is 5.75 Å². The number of benzene rings is 2. The first kappa shape index (κ1) is 21.1. The number of hydrogen-bond acceptors (Lipinski definition) is 4. The molecule has 0 spiro atoms. The molecule has 0 saturated heterocycles. The Kier molecular flexibility index (Phi) is 6.95. The summed E-state index contributed by atoms with van der Waals surface area (Å²) in [5, 5.41) is 12.7. The number of aromatic nitrogens is 1. The molecule has 0 atom stereocenters. The van der Waals surface area contributed by atoms with Crippen molar-refractivity contribution >= 4 is 5.91 Å². The number of nitrogens with zero attached hydrogens (tertiary/aromatic N) is 2. The number of pyridine rings is 1. The molecule has 2 N–H and O–H groups in total. The van der Waals surface area contributed by atoms with E-state index in [2.05, 4.69) is 39.5 Å². The molecule has 0 fully saturated rings. The first-order valence-electron chi connectivity index (χ1n) is 11.0. The summed E-state index contributed by atoms with van der Waals surface area (Å²) in [6.07, 6.45) is 5.59. The Hall–Kier alpha value is -3.18. The summed E-state index contributed by atoms with van der Waals surface area (Å²) in [5.74, 6) is 0.222. The van der Waals surface area contributed by atoms with Crippen LogP contribution in [0.4, 0.5) is 0 Å². The topological polar surface area (TPSA) is 65.5 Å². The minimum atomic E-state index is -0.0994. The minimum absolute atomic E-state index is 0.0994. The number of fused-ring (bicyclic) bond motifs is 1. The summed E-state index contributed by atoms with van der Waals surface area (Å²) in [6.45, 7) is 3.05. The number of phenolic OH excluding ortho intramolecular Hbond substituents is 1. The van der Waals surface area contributed by atoms with E-state index in [1.165, 1.54) is 16.7 Å². The first-order chi connectivity index (χ1) is 15.2. The molecule has 1 aliphatic rings. The third-order valence-electron chi connectivity index (χ3n) is 5.80. The maximum atomic E-state index is 12.8. The highest BCUT2D eigenvalue weighted by atomic mass is 16.3. The molecule has 0 saturated carbocycles. The van der Waals surface area contributed by atoms with Crippen LogP contribution in [-0.4, -0.2) is 34.0 Å². The summed E-state index contributed by atoms with van der Waals surface area (Å²) >= 11 is 0. The molecule has 0 bridgehead atoms. The number of carbonyl (C=O) groups excluding carboxylic acids is 1. The number of aromatic hydroxyl groups is 1. The van der Waals surface area contributed by atoms with Gasteiger partial charge in [-0.1, -0.05) is 42.5 Å². The summed E-state index contributed by atoms with van der Waals surface area (Å²) in [6, 6.07) is 19.9. The number of hydrogen-bond donors (Lipinski definition) is 2. The Morgan fingerprint density at radius 1 is 1.03 bits per heavy atom. The van der Waals surface area contributed by atoms with E-state index in [0.29, 0.717) is 24.5 Å². The minimum Gasteiger partial charge on any atom is -0.508 e. The van der Waals surface area contributed by atoms with Crippen LogP contribution in [0.1, 0.15) is 45.6 Å². The van der Waals surface area contributed by atoms with Gasteiger partial charge in [-0.15, -0.1) is 0 Å². The van der Waals surface area contributed by atoms with Crippen LogP contribution in [0.25, 0.3) is 0 Å². The molecule has 1 amide bonds. The average molecular weight is 416 g/mol. The molecule has 5 heteroatoms. The van der Waals surface area contributed by atoms with Gasteiger partial charge in [0.15, 0.2) is 0 Å². The van der Waals surface area contributed by atoms with Crippen LogP contribution in [0.5, 0.6) is 5.75 Å². The number of rotatable bonds is 8. The largest absolute Gasteiger partial charge is 0.508 e. The van der Waals surface area contributed by atoms with Gasteiger partial charge in [0.25, 0.3) is 5.91 Å². The van der Waals surface area contributed by atoms with Gasteiger partial charge in [0.2, 0.25) is 0 Å². The predicted octanol–water partition coefficient (Wildman–Crippen LogP) is 4.10. The maximum absolute atomic E-state index is 12.8. The third-order valence-corrected chi connectivity index (χ3v) is 5.80. The maximum Gasteiger partial charge on any atom is 0.270 e. The van der Waals surface area contributed by atoms with E-state index in [1.807, 2.05) is 30.3 Å². The number of amides is 1. The second kappa shape index (κ2) is 10.2. The molecular weight excluding hydrogens is 386 g/mol. The van der Waals surface area contributed by atoms with Crippen LogP contribution in [-0.2, 0) is 25.9 Å². The second-order valence-corrected chi connectivity index (χ2v) is 8.12. The van der Waals surface area contributed by atoms with Gasteiger partial charge in [0, 0.05) is 32.4 Å². The Balaban J connectivity index is 1.29. The van der Waals surface area contributed by atoms with Crippen molar-refractivity contribution in [2.45, 2.75) is 38.8 Å². The Morgan fingerprint density at radius 2 is 1.90 bits per heavy atom. The highest BCUT2D eigenvalue weighted by molar-refractivity contribution is 5.93. The van der Waals surface area contributed by atoms with Crippen molar-refractivity contribution in [1.29, 1.82) is 0 Å². The molecule has 3 aromatic rings. The van der Waals surface area contributed by atoms with E-state index in [9.17, 15) is 9.90 Å². The predicted molar refractivity (Wildman–Crippen MR) is 122 cm³/mol. The van der Waals surface area contributed by atoms with Gasteiger partial charge in [-0.25, -0.2) is 0 Å². The Morgan fingerprint density at radius 3 is 2.77 bits per heavy atom. The molecule has 2 heterocycles. The molecule has 0 radical (unpaired) electrons. The van der Waals surface area contributed by atoms with Gasteiger partial charge in [0.05, 0.1) is 0 Å². The van der Waals surface area contributed by atoms with Crippen molar-refractivity contribution in [2.75, 3.05) is 13.1 Å². The molecule has 1 aliphatic heterocycles. The zero-order valence-electron chi connectivity index (χ0n) is 17.8. The van der Waals surface area contributed by atoms with Crippen molar-refractivity contribution in [1.82, 2.24) is 15.2 Å². The lowest BCUT2D eigenvalue weighted by Crippen LogP contribution is -2.32. The van der Waals surface area contributed by atoms with Gasteiger partial charge < -0.3 is 10.4 Å². The lowest BCUT2D eigenvalue weighted by atomic mass is 9.99. The second-order valence-electron chi connectivity index (χ2n) is 8.12. The lowest BCUT2D eigenvalue weighted by molar-refractivity contribution is 0.0945. The number of carbonyl (C=O) groups is 1. The summed E-state index contributed by atoms with van der Waals surface area (Å²) in [4.78, 5) is 19.5. The zero-order valence-corrected chi connectivity index (χ0v) is 17.8. The number of aryl methyl sites for hydroxylation is 1. The SMILES string of the molecule is O=C(NCCCCc1ccccc1)c1ncccc1CN1CCc2cc(O)ccc2C1. The number of unbranched alkanes of at least 4 members (excludes halogenated alkanes) is 1. The summed E-state index contributed by atoms with van der Waals surface area (Å²) in [5.41, 5.74) is 5.24. The fraction of sp³-hybridized carbons (Fsp3) is 0.308. The average Bonchev–Trinajstić information content (AvgIpc) is 2.80. The standard InChI is InChI=1S/C26H29N3O2/c30-24-12-11-22-18-29(16-13-21(22)17-24)19-23-10-6-15-27-25(23)26(31)28-14-5-4-9-20-7-2-1-3-8-20/h1-3,6-8,10-12,15,17,30H,4-5,9,13-14,16,18-19H2,(H,28,31). The van der Waals surface area contributed by atoms with E-state index in [0.717, 1.165) is 44.3 Å². The smallest absolute Gasteiger partial charge is 0.270 e. The summed E-state index contributed by atoms with van der Waals surface area (Å²) < 4.78 is 0.